The summed E-state index contributed by atoms with van der Waals surface area (Å²) in [5, 5.41) is 21.9. The highest BCUT2D eigenvalue weighted by Gasteiger charge is 2.33. The Morgan fingerprint density at radius 3 is 2.66 bits per heavy atom. The molecular weight excluding hydrogens is 378 g/mol. The van der Waals surface area contributed by atoms with Crippen molar-refractivity contribution < 1.29 is 24.0 Å². The van der Waals surface area contributed by atoms with E-state index >= 15 is 0 Å². The average Bonchev–Trinajstić information content (AvgIpc) is 2.98. The minimum absolute atomic E-state index is 0.0620. The summed E-state index contributed by atoms with van der Waals surface area (Å²) in [4.78, 5) is 26.5. The molecule has 0 aromatic carbocycles. The van der Waals surface area contributed by atoms with E-state index in [-0.39, 0.29) is 31.1 Å². The van der Waals surface area contributed by atoms with Crippen molar-refractivity contribution in [1.82, 2.24) is 20.7 Å². The largest absolute Gasteiger partial charge is 0.394 e. The van der Waals surface area contributed by atoms with Crippen molar-refractivity contribution in [2.45, 2.75) is 57.8 Å². The molecule has 3 amide bonds. The first-order valence-corrected chi connectivity index (χ1v) is 9.98. The fraction of sp³-hybridized carbons (Fsp3) is 0.737. The summed E-state index contributed by atoms with van der Waals surface area (Å²) in [5.41, 5.74) is 1.12. The lowest BCUT2D eigenvalue weighted by molar-refractivity contribution is -0.130. The maximum Gasteiger partial charge on any atom is 0.319 e. The number of carbonyl (C=O) groups is 2. The number of nitrogens with zero attached hydrogens (tertiary/aromatic N) is 2. The van der Waals surface area contributed by atoms with Crippen molar-refractivity contribution in [3.05, 3.63) is 11.5 Å². The zero-order valence-corrected chi connectivity index (χ0v) is 17.7. The minimum atomic E-state index is -0.564. The van der Waals surface area contributed by atoms with Gasteiger partial charge >= 0.3 is 6.03 Å². The molecule has 1 aromatic rings. The number of amides is 3. The van der Waals surface area contributed by atoms with E-state index in [0.717, 1.165) is 13.0 Å². The summed E-state index contributed by atoms with van der Waals surface area (Å²) < 4.78 is 10.9. The average molecular weight is 412 g/mol. The van der Waals surface area contributed by atoms with Crippen LogP contribution in [0.15, 0.2) is 4.52 Å². The Hall–Kier alpha value is -2.17. The third-order valence-corrected chi connectivity index (χ3v) is 4.90. The summed E-state index contributed by atoms with van der Waals surface area (Å²) in [6.45, 7) is 4.75. The van der Waals surface area contributed by atoms with Crippen molar-refractivity contribution in [3.63, 3.8) is 0 Å². The van der Waals surface area contributed by atoms with Crippen molar-refractivity contribution in [1.29, 1.82) is 0 Å². The second-order valence-corrected chi connectivity index (χ2v) is 7.67. The number of rotatable bonds is 9. The number of anilines is 1. The van der Waals surface area contributed by atoms with E-state index in [2.05, 4.69) is 26.0 Å². The minimum Gasteiger partial charge on any atom is -0.394 e. The van der Waals surface area contributed by atoms with E-state index in [1.165, 1.54) is 0 Å². The van der Waals surface area contributed by atoms with E-state index in [9.17, 15) is 14.7 Å². The van der Waals surface area contributed by atoms with Crippen LogP contribution in [-0.4, -0.2) is 79.1 Å². The normalized spacial score (nSPS) is 21.8. The van der Waals surface area contributed by atoms with Gasteiger partial charge in [-0.2, -0.15) is 0 Å². The van der Waals surface area contributed by atoms with Gasteiger partial charge in [0.1, 0.15) is 17.5 Å². The highest BCUT2D eigenvalue weighted by molar-refractivity contribution is 5.90. The van der Waals surface area contributed by atoms with Crippen LogP contribution in [0.2, 0.25) is 0 Å². The van der Waals surface area contributed by atoms with Crippen LogP contribution in [0, 0.1) is 13.8 Å². The zero-order chi connectivity index (χ0) is 21.4. The van der Waals surface area contributed by atoms with Gasteiger partial charge in [-0.25, -0.2) is 4.79 Å². The molecule has 1 aliphatic rings. The molecule has 0 spiro atoms. The van der Waals surface area contributed by atoms with Crippen LogP contribution < -0.4 is 16.0 Å². The van der Waals surface area contributed by atoms with Gasteiger partial charge < -0.3 is 35.2 Å². The molecule has 0 saturated carbocycles. The molecule has 1 aromatic heterocycles. The predicted octanol–water partition coefficient (Wildman–Crippen LogP) is 0.779. The fourth-order valence-corrected chi connectivity index (χ4v) is 3.33. The lowest BCUT2D eigenvalue weighted by atomic mass is 9.97. The smallest absolute Gasteiger partial charge is 0.319 e. The second kappa shape index (κ2) is 11.1. The van der Waals surface area contributed by atoms with Gasteiger partial charge in [-0.1, -0.05) is 5.16 Å². The number of aliphatic hydroxyl groups is 1. The molecule has 4 N–H and O–H groups in total. The molecule has 1 saturated heterocycles. The quantitative estimate of drug-likeness (QED) is 0.442. The summed E-state index contributed by atoms with van der Waals surface area (Å²) in [5.74, 6) is 0.459. The maximum atomic E-state index is 12.3. The van der Waals surface area contributed by atoms with E-state index in [1.54, 1.807) is 13.8 Å². The predicted molar refractivity (Wildman–Crippen MR) is 108 cm³/mol. The fourth-order valence-electron chi connectivity index (χ4n) is 3.33. The standard InChI is InChI=1S/C19H33N5O5/c1-12-18(13(2)29-23-12)22-19(27)21-15-7-6-14(28-16(15)11-25)10-17(26)20-8-5-9-24(3)4/h14-16,25H,5-11H2,1-4H3,(H,20,26)(H2,21,22,27)/t14-,15-,16-/m0/s1. The Morgan fingerprint density at radius 2 is 2.03 bits per heavy atom. The number of hydrogen-bond acceptors (Lipinski definition) is 7. The summed E-state index contributed by atoms with van der Waals surface area (Å²) in [7, 11) is 3.98. The SMILES string of the molecule is Cc1noc(C)c1NC(=O)N[C@H]1CC[C@@H](CC(=O)NCCCN(C)C)O[C@H]1CO. The molecule has 1 fully saturated rings. The van der Waals surface area contributed by atoms with Crippen LogP contribution in [0.25, 0.3) is 0 Å². The molecule has 3 atom stereocenters. The van der Waals surface area contributed by atoms with Gasteiger partial charge in [0, 0.05) is 6.54 Å². The molecule has 10 nitrogen and oxygen atoms in total. The number of ether oxygens (including phenoxy) is 1. The van der Waals surface area contributed by atoms with Gasteiger partial charge in [0.25, 0.3) is 0 Å². The highest BCUT2D eigenvalue weighted by atomic mass is 16.5. The van der Waals surface area contributed by atoms with Crippen LogP contribution >= 0.6 is 0 Å². The Bertz CT molecular complexity index is 658. The molecule has 0 unspecified atom stereocenters. The van der Waals surface area contributed by atoms with Crippen molar-refractivity contribution in [2.75, 3.05) is 39.1 Å². The number of urea groups is 1. The monoisotopic (exact) mass is 411 g/mol. The van der Waals surface area contributed by atoms with Gasteiger partial charge in [-0.15, -0.1) is 0 Å². The number of nitrogens with one attached hydrogen (secondary N) is 3. The van der Waals surface area contributed by atoms with Gasteiger partial charge in [0.2, 0.25) is 5.91 Å². The van der Waals surface area contributed by atoms with Crippen molar-refractivity contribution >= 4 is 17.6 Å². The third kappa shape index (κ3) is 7.30. The lowest BCUT2D eigenvalue weighted by Crippen LogP contribution is -2.52. The Kier molecular flexibility index (Phi) is 8.87. The third-order valence-electron chi connectivity index (χ3n) is 4.90. The first kappa shape index (κ1) is 23.1. The molecule has 164 valence electrons. The van der Waals surface area contributed by atoms with E-state index < -0.39 is 12.1 Å². The lowest BCUT2D eigenvalue weighted by Gasteiger charge is -2.35. The van der Waals surface area contributed by atoms with E-state index in [4.69, 9.17) is 9.26 Å². The Labute approximate surface area is 171 Å². The van der Waals surface area contributed by atoms with Crippen LogP contribution in [0.4, 0.5) is 10.5 Å². The van der Waals surface area contributed by atoms with Crippen LogP contribution in [0.3, 0.4) is 0 Å². The van der Waals surface area contributed by atoms with Crippen LogP contribution in [-0.2, 0) is 9.53 Å². The first-order valence-electron chi connectivity index (χ1n) is 9.98. The maximum absolute atomic E-state index is 12.3. The molecule has 0 radical (unpaired) electrons. The Morgan fingerprint density at radius 1 is 1.28 bits per heavy atom. The first-order chi connectivity index (χ1) is 13.8. The van der Waals surface area contributed by atoms with Crippen molar-refractivity contribution in [2.24, 2.45) is 0 Å². The molecule has 0 bridgehead atoms. The molecule has 1 aliphatic heterocycles. The molecule has 29 heavy (non-hydrogen) atoms. The Balaban J connectivity index is 1.77. The molecular formula is C19H33N5O5. The number of aryl methyl sites for hydroxylation is 2. The topological polar surface area (TPSA) is 129 Å². The summed E-state index contributed by atoms with van der Waals surface area (Å²) in [6, 6.07) is -0.761. The number of aromatic nitrogens is 1. The van der Waals surface area contributed by atoms with Crippen LogP contribution in [0.1, 0.15) is 37.1 Å². The zero-order valence-electron chi connectivity index (χ0n) is 17.7. The molecule has 0 aliphatic carbocycles. The summed E-state index contributed by atoms with van der Waals surface area (Å²) in [6.07, 6.45) is 1.53. The van der Waals surface area contributed by atoms with Gasteiger partial charge in [-0.05, 0) is 53.8 Å². The number of aliphatic hydroxyl groups excluding tert-OH is 1. The van der Waals surface area contributed by atoms with Crippen molar-refractivity contribution in [3.8, 4) is 0 Å². The summed E-state index contributed by atoms with van der Waals surface area (Å²) >= 11 is 0. The molecule has 2 heterocycles. The van der Waals surface area contributed by atoms with Gasteiger partial charge in [0.15, 0.2) is 5.76 Å². The van der Waals surface area contributed by atoms with Crippen LogP contribution in [0.5, 0.6) is 0 Å². The van der Waals surface area contributed by atoms with E-state index in [0.29, 0.717) is 36.5 Å². The highest BCUT2D eigenvalue weighted by Crippen LogP contribution is 2.23. The second-order valence-electron chi connectivity index (χ2n) is 7.67. The number of carbonyl (C=O) groups excluding carboxylic acids is 2. The number of hydrogen-bond donors (Lipinski definition) is 4. The van der Waals surface area contributed by atoms with Gasteiger partial charge in [0.05, 0.1) is 25.2 Å². The molecule has 2 rings (SSSR count). The van der Waals surface area contributed by atoms with Gasteiger partial charge in [-0.3, -0.25) is 4.79 Å². The van der Waals surface area contributed by atoms with E-state index in [1.807, 2.05) is 14.1 Å². The molecule has 10 heteroatoms.